The van der Waals surface area contributed by atoms with Crippen LogP contribution in [0, 0.1) is 0 Å². The molecular weight excluding hydrogens is 328 g/mol. The summed E-state index contributed by atoms with van der Waals surface area (Å²) in [7, 11) is -2.14. The number of aliphatic hydroxyl groups is 1. The fourth-order valence-corrected chi connectivity index (χ4v) is 3.39. The number of aromatic nitrogens is 3. The molecule has 1 aromatic heterocycles. The Kier molecular flexibility index (Phi) is 6.15. The molecule has 0 aliphatic carbocycles. The number of sulfonamides is 1. The maximum atomic E-state index is 11.9. The fourth-order valence-electron chi connectivity index (χ4n) is 1.22. The number of nitrogens with one attached hydrogen (secondary N) is 1. The first-order valence-electron chi connectivity index (χ1n) is 5.22. The third kappa shape index (κ3) is 4.28. The number of hydrogen-bond donors (Lipinski definition) is 2. The van der Waals surface area contributed by atoms with Crippen molar-refractivity contribution in [2.24, 2.45) is 7.05 Å². The zero-order chi connectivity index (χ0) is 13.6. The first-order chi connectivity index (χ1) is 8.49. The van der Waals surface area contributed by atoms with Gasteiger partial charge in [0, 0.05) is 20.2 Å². The van der Waals surface area contributed by atoms with Crippen LogP contribution in [-0.2, 0) is 21.8 Å². The number of rotatable bonds is 8. The minimum atomic E-state index is -3.63. The van der Waals surface area contributed by atoms with Crippen LogP contribution in [0.15, 0.2) is 9.63 Å². The van der Waals surface area contributed by atoms with Crippen molar-refractivity contribution >= 4 is 26.0 Å². The monoisotopic (exact) mass is 342 g/mol. The van der Waals surface area contributed by atoms with E-state index in [2.05, 4.69) is 31.0 Å². The van der Waals surface area contributed by atoms with Gasteiger partial charge in [0.05, 0.1) is 13.2 Å². The molecule has 1 rings (SSSR count). The van der Waals surface area contributed by atoms with Crippen LogP contribution < -0.4 is 4.72 Å². The van der Waals surface area contributed by atoms with Crippen molar-refractivity contribution in [2.45, 2.75) is 11.4 Å². The van der Waals surface area contributed by atoms with E-state index in [0.717, 1.165) is 0 Å². The van der Waals surface area contributed by atoms with Crippen molar-refractivity contribution in [2.75, 3.05) is 26.4 Å². The molecule has 0 atom stereocenters. The van der Waals surface area contributed by atoms with Crippen molar-refractivity contribution in [1.29, 1.82) is 0 Å². The van der Waals surface area contributed by atoms with Gasteiger partial charge in [-0.15, -0.1) is 5.10 Å². The van der Waals surface area contributed by atoms with E-state index in [1.165, 1.54) is 11.7 Å². The maximum absolute atomic E-state index is 11.9. The third-order valence-electron chi connectivity index (χ3n) is 1.98. The molecule has 0 radical (unpaired) electrons. The Hall–Kier alpha value is -0.550. The average Bonchev–Trinajstić information content (AvgIpc) is 2.64. The second-order valence-electron chi connectivity index (χ2n) is 3.40. The first-order valence-corrected chi connectivity index (χ1v) is 7.50. The van der Waals surface area contributed by atoms with Gasteiger partial charge in [-0.2, -0.15) is 0 Å². The van der Waals surface area contributed by atoms with Gasteiger partial charge in [0.15, 0.2) is 4.60 Å². The zero-order valence-corrected chi connectivity index (χ0v) is 12.2. The minimum absolute atomic E-state index is 0.0150. The third-order valence-corrected chi connectivity index (χ3v) is 4.33. The van der Waals surface area contributed by atoms with Crippen LogP contribution in [0.4, 0.5) is 0 Å². The molecule has 104 valence electrons. The molecule has 1 heterocycles. The summed E-state index contributed by atoms with van der Waals surface area (Å²) in [5.41, 5.74) is 0. The molecule has 18 heavy (non-hydrogen) atoms. The van der Waals surface area contributed by atoms with Crippen molar-refractivity contribution in [3.8, 4) is 0 Å². The van der Waals surface area contributed by atoms with Crippen LogP contribution in [-0.4, -0.2) is 54.9 Å². The lowest BCUT2D eigenvalue weighted by Crippen LogP contribution is -2.27. The Morgan fingerprint density at radius 1 is 1.50 bits per heavy atom. The van der Waals surface area contributed by atoms with Crippen LogP contribution in [0.25, 0.3) is 0 Å². The van der Waals surface area contributed by atoms with Gasteiger partial charge in [-0.05, 0) is 22.4 Å². The Morgan fingerprint density at radius 3 is 2.78 bits per heavy atom. The molecule has 0 spiro atoms. The summed E-state index contributed by atoms with van der Waals surface area (Å²) in [4.78, 5) is 0. The lowest BCUT2D eigenvalue weighted by Gasteiger charge is -2.06. The molecule has 10 heteroatoms. The smallest absolute Gasteiger partial charge is 0.260 e. The Morgan fingerprint density at radius 2 is 2.22 bits per heavy atom. The molecular formula is C8H15BrN4O4S. The molecule has 0 fully saturated rings. The summed E-state index contributed by atoms with van der Waals surface area (Å²) in [6.45, 7) is 0.836. The Balaban J connectivity index is 2.46. The van der Waals surface area contributed by atoms with E-state index in [0.29, 0.717) is 13.0 Å². The number of nitrogens with zero attached hydrogens (tertiary/aromatic N) is 3. The largest absolute Gasteiger partial charge is 0.394 e. The van der Waals surface area contributed by atoms with Crippen LogP contribution in [0.1, 0.15) is 6.42 Å². The van der Waals surface area contributed by atoms with Crippen molar-refractivity contribution in [3.05, 3.63) is 4.60 Å². The van der Waals surface area contributed by atoms with Crippen molar-refractivity contribution in [3.63, 3.8) is 0 Å². The van der Waals surface area contributed by atoms with Gasteiger partial charge >= 0.3 is 0 Å². The van der Waals surface area contributed by atoms with Crippen molar-refractivity contribution in [1.82, 2.24) is 19.7 Å². The highest BCUT2D eigenvalue weighted by molar-refractivity contribution is 9.10. The zero-order valence-electron chi connectivity index (χ0n) is 9.84. The summed E-state index contributed by atoms with van der Waals surface area (Å²) in [5.74, 6) is 0. The minimum Gasteiger partial charge on any atom is -0.394 e. The van der Waals surface area contributed by atoms with Gasteiger partial charge in [0.25, 0.3) is 10.0 Å². The quantitative estimate of drug-likeness (QED) is 0.602. The number of aryl methyl sites for hydroxylation is 1. The van der Waals surface area contributed by atoms with E-state index < -0.39 is 10.0 Å². The second-order valence-corrected chi connectivity index (χ2v) is 5.83. The Bertz CT molecular complexity index is 456. The predicted octanol–water partition coefficient (Wildman–Crippen LogP) is -0.745. The van der Waals surface area contributed by atoms with Gasteiger partial charge in [0.2, 0.25) is 5.03 Å². The average molecular weight is 343 g/mol. The van der Waals surface area contributed by atoms with Gasteiger partial charge in [-0.3, -0.25) is 0 Å². The molecule has 0 aliphatic rings. The van der Waals surface area contributed by atoms with E-state index in [4.69, 9.17) is 9.84 Å². The summed E-state index contributed by atoms with van der Waals surface area (Å²) >= 11 is 3.03. The number of aliphatic hydroxyl groups excluding tert-OH is 1. The van der Waals surface area contributed by atoms with Crippen LogP contribution in [0.2, 0.25) is 0 Å². The van der Waals surface area contributed by atoms with Crippen molar-refractivity contribution < 1.29 is 18.3 Å². The van der Waals surface area contributed by atoms with E-state index in [1.54, 1.807) is 0 Å². The Labute approximate surface area is 114 Å². The SMILES string of the molecule is Cn1nnc(Br)c1S(=O)(=O)NCCCOCCO. The van der Waals surface area contributed by atoms with Crippen LogP contribution in [0.5, 0.6) is 0 Å². The van der Waals surface area contributed by atoms with Crippen LogP contribution >= 0.6 is 15.9 Å². The van der Waals surface area contributed by atoms with Gasteiger partial charge in [0.1, 0.15) is 0 Å². The molecule has 0 saturated heterocycles. The topological polar surface area (TPSA) is 106 Å². The summed E-state index contributed by atoms with van der Waals surface area (Å²) in [6.07, 6.45) is 0.516. The van der Waals surface area contributed by atoms with E-state index >= 15 is 0 Å². The molecule has 0 amide bonds. The summed E-state index contributed by atoms with van der Waals surface area (Å²) in [6, 6.07) is 0. The predicted molar refractivity (Wildman–Crippen MR) is 66.4 cm³/mol. The second kappa shape index (κ2) is 7.14. The standard InChI is InChI=1S/C8H15BrN4O4S/c1-13-8(7(9)11-12-13)18(15,16)10-3-2-5-17-6-4-14/h10,14H,2-6H2,1H3. The maximum Gasteiger partial charge on any atom is 0.260 e. The molecule has 0 aliphatic heterocycles. The molecule has 2 N–H and O–H groups in total. The van der Waals surface area contributed by atoms with Gasteiger partial charge < -0.3 is 9.84 Å². The highest BCUT2D eigenvalue weighted by Crippen LogP contribution is 2.17. The number of halogens is 1. The molecule has 0 unspecified atom stereocenters. The molecule has 1 aromatic rings. The van der Waals surface area contributed by atoms with Crippen LogP contribution in [0.3, 0.4) is 0 Å². The van der Waals surface area contributed by atoms with E-state index in [1.807, 2.05) is 0 Å². The summed E-state index contributed by atoms with van der Waals surface area (Å²) < 4.78 is 32.6. The summed E-state index contributed by atoms with van der Waals surface area (Å²) in [5, 5.41) is 15.7. The van der Waals surface area contributed by atoms with Gasteiger partial charge in [-0.25, -0.2) is 17.8 Å². The number of hydrogen-bond acceptors (Lipinski definition) is 6. The lowest BCUT2D eigenvalue weighted by atomic mass is 10.5. The molecule has 0 bridgehead atoms. The van der Waals surface area contributed by atoms with E-state index in [9.17, 15) is 8.42 Å². The van der Waals surface area contributed by atoms with E-state index in [-0.39, 0.29) is 29.4 Å². The highest BCUT2D eigenvalue weighted by atomic mass is 79.9. The first kappa shape index (κ1) is 15.5. The lowest BCUT2D eigenvalue weighted by molar-refractivity contribution is 0.0913. The molecule has 0 aromatic carbocycles. The fraction of sp³-hybridized carbons (Fsp3) is 0.750. The molecule has 8 nitrogen and oxygen atoms in total. The molecule has 0 saturated carbocycles. The van der Waals surface area contributed by atoms with Gasteiger partial charge in [-0.1, -0.05) is 5.21 Å². The number of ether oxygens (including phenoxy) is 1. The highest BCUT2D eigenvalue weighted by Gasteiger charge is 2.22. The normalized spacial score (nSPS) is 11.9.